The molecule has 3 unspecified atom stereocenters. The zero-order valence-corrected chi connectivity index (χ0v) is 11.8. The van der Waals surface area contributed by atoms with E-state index in [1.807, 2.05) is 13.8 Å². The molecule has 0 bridgehead atoms. The standard InChI is InChI=1S/C12H22N2O2S/c1-5-10-12(16)14(8(3)7-17-6-2)9(4)11(15)13-10/h8-10H,5-7H2,1-4H3,(H,13,15). The van der Waals surface area contributed by atoms with Crippen LogP contribution in [0.2, 0.25) is 0 Å². The topological polar surface area (TPSA) is 49.4 Å². The predicted molar refractivity (Wildman–Crippen MR) is 71.0 cm³/mol. The fraction of sp³-hybridized carbons (Fsp3) is 0.833. The second-order valence-corrected chi connectivity index (χ2v) is 5.72. The largest absolute Gasteiger partial charge is 0.343 e. The van der Waals surface area contributed by atoms with Gasteiger partial charge in [-0.15, -0.1) is 0 Å². The molecule has 4 nitrogen and oxygen atoms in total. The number of rotatable bonds is 5. The average molecular weight is 258 g/mol. The average Bonchev–Trinajstić information content (AvgIpc) is 2.31. The smallest absolute Gasteiger partial charge is 0.246 e. The third-order valence-corrected chi connectivity index (χ3v) is 4.24. The molecule has 1 rings (SSSR count). The van der Waals surface area contributed by atoms with Gasteiger partial charge in [0.05, 0.1) is 0 Å². The highest BCUT2D eigenvalue weighted by atomic mass is 32.2. The number of hydrogen-bond donors (Lipinski definition) is 1. The molecule has 0 aromatic heterocycles. The molecule has 1 heterocycles. The van der Waals surface area contributed by atoms with Gasteiger partial charge < -0.3 is 10.2 Å². The fourth-order valence-electron chi connectivity index (χ4n) is 2.10. The number of thioether (sulfide) groups is 1. The van der Waals surface area contributed by atoms with Crippen LogP contribution in [0.4, 0.5) is 0 Å². The number of nitrogens with zero attached hydrogens (tertiary/aromatic N) is 1. The number of carbonyl (C=O) groups excluding carboxylic acids is 2. The lowest BCUT2D eigenvalue weighted by Gasteiger charge is -2.40. The van der Waals surface area contributed by atoms with E-state index in [-0.39, 0.29) is 29.9 Å². The molecule has 0 saturated carbocycles. The molecule has 1 N–H and O–H groups in total. The van der Waals surface area contributed by atoms with Crippen LogP contribution < -0.4 is 5.32 Å². The van der Waals surface area contributed by atoms with Gasteiger partial charge in [0.2, 0.25) is 11.8 Å². The van der Waals surface area contributed by atoms with Gasteiger partial charge in [-0.25, -0.2) is 0 Å². The summed E-state index contributed by atoms with van der Waals surface area (Å²) in [4.78, 5) is 25.8. The zero-order chi connectivity index (χ0) is 13.0. The number of piperazine rings is 1. The van der Waals surface area contributed by atoms with E-state index in [1.54, 1.807) is 23.6 Å². The maximum Gasteiger partial charge on any atom is 0.246 e. The Morgan fingerprint density at radius 1 is 1.41 bits per heavy atom. The molecular weight excluding hydrogens is 236 g/mol. The fourth-order valence-corrected chi connectivity index (χ4v) is 2.83. The van der Waals surface area contributed by atoms with E-state index in [0.29, 0.717) is 6.42 Å². The molecule has 1 fully saturated rings. The van der Waals surface area contributed by atoms with Crippen LogP contribution >= 0.6 is 11.8 Å². The molecule has 98 valence electrons. The van der Waals surface area contributed by atoms with Crippen molar-refractivity contribution in [3.05, 3.63) is 0 Å². The molecule has 3 atom stereocenters. The molecule has 1 saturated heterocycles. The van der Waals surface area contributed by atoms with Gasteiger partial charge in [0.1, 0.15) is 12.1 Å². The first kappa shape index (κ1) is 14.4. The van der Waals surface area contributed by atoms with E-state index in [4.69, 9.17) is 0 Å². The predicted octanol–water partition coefficient (Wildman–Crippen LogP) is 1.25. The van der Waals surface area contributed by atoms with Crippen LogP contribution in [0.5, 0.6) is 0 Å². The molecule has 1 aliphatic heterocycles. The summed E-state index contributed by atoms with van der Waals surface area (Å²) >= 11 is 1.80. The Morgan fingerprint density at radius 2 is 2.06 bits per heavy atom. The second-order valence-electron chi connectivity index (χ2n) is 4.40. The number of carbonyl (C=O) groups is 2. The molecule has 0 radical (unpaired) electrons. The lowest BCUT2D eigenvalue weighted by atomic mass is 10.0. The van der Waals surface area contributed by atoms with Gasteiger partial charge in [0.25, 0.3) is 0 Å². The van der Waals surface area contributed by atoms with Gasteiger partial charge >= 0.3 is 0 Å². The third-order valence-electron chi connectivity index (χ3n) is 3.11. The van der Waals surface area contributed by atoms with Gasteiger partial charge in [-0.1, -0.05) is 13.8 Å². The molecule has 2 amide bonds. The van der Waals surface area contributed by atoms with E-state index < -0.39 is 0 Å². The summed E-state index contributed by atoms with van der Waals surface area (Å²) in [5.74, 6) is 1.94. The Kier molecular flexibility index (Phi) is 5.31. The SMILES string of the molecule is CCSCC(C)N1C(=O)C(CC)NC(=O)C1C. The Balaban J connectivity index is 2.77. The molecular formula is C12H22N2O2S. The summed E-state index contributed by atoms with van der Waals surface area (Å²) in [5.41, 5.74) is 0. The zero-order valence-electron chi connectivity index (χ0n) is 11.0. The summed E-state index contributed by atoms with van der Waals surface area (Å²) < 4.78 is 0. The monoisotopic (exact) mass is 258 g/mol. The van der Waals surface area contributed by atoms with Crippen molar-refractivity contribution in [2.75, 3.05) is 11.5 Å². The van der Waals surface area contributed by atoms with Crippen molar-refractivity contribution >= 4 is 23.6 Å². The minimum absolute atomic E-state index is 0.0372. The van der Waals surface area contributed by atoms with Crippen LogP contribution in [0.25, 0.3) is 0 Å². The second kappa shape index (κ2) is 6.28. The lowest BCUT2D eigenvalue weighted by molar-refractivity contribution is -0.150. The maximum atomic E-state index is 12.2. The van der Waals surface area contributed by atoms with Crippen LogP contribution in [0.3, 0.4) is 0 Å². The Bertz CT molecular complexity index is 296. The minimum Gasteiger partial charge on any atom is -0.343 e. The van der Waals surface area contributed by atoms with E-state index >= 15 is 0 Å². The van der Waals surface area contributed by atoms with Crippen LogP contribution in [0, 0.1) is 0 Å². The molecule has 17 heavy (non-hydrogen) atoms. The maximum absolute atomic E-state index is 12.2. The summed E-state index contributed by atoms with van der Waals surface area (Å²) in [6, 6.07) is -0.576. The van der Waals surface area contributed by atoms with Crippen molar-refractivity contribution in [2.45, 2.75) is 52.2 Å². The van der Waals surface area contributed by atoms with Crippen molar-refractivity contribution in [3.8, 4) is 0 Å². The molecule has 0 aromatic carbocycles. The lowest BCUT2D eigenvalue weighted by Crippen LogP contribution is -2.64. The van der Waals surface area contributed by atoms with E-state index in [0.717, 1.165) is 11.5 Å². The van der Waals surface area contributed by atoms with Crippen LogP contribution in [-0.2, 0) is 9.59 Å². The van der Waals surface area contributed by atoms with E-state index in [1.165, 1.54) is 0 Å². The van der Waals surface area contributed by atoms with Crippen molar-refractivity contribution in [1.29, 1.82) is 0 Å². The Hall–Kier alpha value is -0.710. The highest BCUT2D eigenvalue weighted by Crippen LogP contribution is 2.18. The van der Waals surface area contributed by atoms with Crippen molar-refractivity contribution in [1.82, 2.24) is 10.2 Å². The van der Waals surface area contributed by atoms with E-state index in [2.05, 4.69) is 12.2 Å². The third kappa shape index (κ3) is 3.15. The Labute approximate surface area is 108 Å². The quantitative estimate of drug-likeness (QED) is 0.807. The van der Waals surface area contributed by atoms with Crippen molar-refractivity contribution in [3.63, 3.8) is 0 Å². The minimum atomic E-state index is -0.349. The molecule has 1 aliphatic rings. The van der Waals surface area contributed by atoms with Gasteiger partial charge in [-0.2, -0.15) is 11.8 Å². The van der Waals surface area contributed by atoms with Gasteiger partial charge in [0.15, 0.2) is 0 Å². The summed E-state index contributed by atoms with van der Waals surface area (Å²) in [5, 5.41) is 2.77. The molecule has 5 heteroatoms. The van der Waals surface area contributed by atoms with Crippen LogP contribution in [-0.4, -0.2) is 46.3 Å². The van der Waals surface area contributed by atoms with Gasteiger partial charge in [-0.3, -0.25) is 9.59 Å². The Morgan fingerprint density at radius 3 is 2.59 bits per heavy atom. The van der Waals surface area contributed by atoms with Gasteiger partial charge in [0, 0.05) is 11.8 Å². The number of nitrogens with one attached hydrogen (secondary N) is 1. The van der Waals surface area contributed by atoms with Crippen LogP contribution in [0.15, 0.2) is 0 Å². The van der Waals surface area contributed by atoms with Crippen molar-refractivity contribution < 1.29 is 9.59 Å². The van der Waals surface area contributed by atoms with E-state index in [9.17, 15) is 9.59 Å². The highest BCUT2D eigenvalue weighted by molar-refractivity contribution is 7.99. The first-order chi connectivity index (χ1) is 8.02. The molecule has 0 aliphatic carbocycles. The highest BCUT2D eigenvalue weighted by Gasteiger charge is 2.39. The van der Waals surface area contributed by atoms with Crippen molar-refractivity contribution in [2.24, 2.45) is 0 Å². The van der Waals surface area contributed by atoms with Gasteiger partial charge in [-0.05, 0) is 26.0 Å². The summed E-state index contributed by atoms with van der Waals surface area (Å²) in [6.07, 6.45) is 0.654. The normalized spacial score (nSPS) is 26.9. The summed E-state index contributed by atoms with van der Waals surface area (Å²) in [7, 11) is 0. The first-order valence-corrected chi connectivity index (χ1v) is 7.38. The first-order valence-electron chi connectivity index (χ1n) is 6.23. The molecule has 0 aromatic rings. The number of amides is 2. The summed E-state index contributed by atoms with van der Waals surface area (Å²) in [6.45, 7) is 7.83. The van der Waals surface area contributed by atoms with Crippen LogP contribution in [0.1, 0.15) is 34.1 Å². The molecule has 0 spiro atoms. The number of hydrogen-bond acceptors (Lipinski definition) is 3.